The number of hydrogen-bond donors (Lipinski definition) is 3. The summed E-state index contributed by atoms with van der Waals surface area (Å²) in [7, 11) is 0. The molecular formula is C19H23F3IN3O. The lowest BCUT2D eigenvalue weighted by Gasteiger charge is -2.19. The molecule has 2 rings (SSSR count). The Balaban J connectivity index is 0.00000364. The molecule has 1 atom stereocenters. The smallest absolute Gasteiger partial charge is 0.192 e. The number of aliphatic imine (C=N–C) groups is 1. The van der Waals surface area contributed by atoms with Gasteiger partial charge >= 0.3 is 0 Å². The molecule has 0 radical (unpaired) electrons. The van der Waals surface area contributed by atoms with E-state index in [4.69, 9.17) is 5.11 Å². The number of rotatable bonds is 6. The number of guanidine groups is 1. The molecule has 27 heavy (non-hydrogen) atoms. The highest BCUT2D eigenvalue weighted by molar-refractivity contribution is 14.0. The molecule has 0 amide bonds. The van der Waals surface area contributed by atoms with Gasteiger partial charge in [0.2, 0.25) is 0 Å². The van der Waals surface area contributed by atoms with Crippen LogP contribution in [0, 0.1) is 17.5 Å². The van der Waals surface area contributed by atoms with Crippen molar-refractivity contribution in [3.8, 4) is 0 Å². The highest BCUT2D eigenvalue weighted by Gasteiger charge is 2.13. The summed E-state index contributed by atoms with van der Waals surface area (Å²) in [5.74, 6) is -1.29. The molecule has 2 aromatic carbocycles. The van der Waals surface area contributed by atoms with Crippen molar-refractivity contribution < 1.29 is 18.3 Å². The molecule has 0 bridgehead atoms. The minimum Gasteiger partial charge on any atom is -0.392 e. The standard InChI is InChI=1S/C19H22F3N3O.HI/c1-3-23-19(24-10-13-4-7-17(21)14(8-13)11-26)25-12(2)16-6-5-15(20)9-18(16)22;/h4-9,12,26H,3,10-11H2,1-2H3,(H2,23,24,25);1H. The summed E-state index contributed by atoms with van der Waals surface area (Å²) in [6.07, 6.45) is 0. The molecule has 0 saturated heterocycles. The molecule has 4 nitrogen and oxygen atoms in total. The van der Waals surface area contributed by atoms with Crippen LogP contribution in [0.3, 0.4) is 0 Å². The van der Waals surface area contributed by atoms with Gasteiger partial charge in [-0.2, -0.15) is 0 Å². The maximum absolute atomic E-state index is 13.9. The van der Waals surface area contributed by atoms with Gasteiger partial charge in [0.1, 0.15) is 17.5 Å². The number of nitrogens with zero attached hydrogens (tertiary/aromatic N) is 1. The Morgan fingerprint density at radius 2 is 1.85 bits per heavy atom. The zero-order chi connectivity index (χ0) is 19.1. The number of benzene rings is 2. The van der Waals surface area contributed by atoms with Gasteiger partial charge in [0.25, 0.3) is 0 Å². The van der Waals surface area contributed by atoms with E-state index in [9.17, 15) is 13.2 Å². The van der Waals surface area contributed by atoms with Gasteiger partial charge < -0.3 is 15.7 Å². The van der Waals surface area contributed by atoms with Gasteiger partial charge in [-0.3, -0.25) is 0 Å². The molecule has 0 heterocycles. The van der Waals surface area contributed by atoms with Crippen LogP contribution < -0.4 is 10.6 Å². The Kier molecular flexibility index (Phi) is 9.57. The second kappa shape index (κ2) is 11.1. The summed E-state index contributed by atoms with van der Waals surface area (Å²) in [4.78, 5) is 4.40. The van der Waals surface area contributed by atoms with Gasteiger partial charge in [-0.1, -0.05) is 12.1 Å². The first kappa shape index (κ1) is 23.2. The lowest BCUT2D eigenvalue weighted by atomic mass is 10.1. The van der Waals surface area contributed by atoms with E-state index in [1.807, 2.05) is 6.92 Å². The molecule has 0 fully saturated rings. The second-order valence-electron chi connectivity index (χ2n) is 5.81. The van der Waals surface area contributed by atoms with Crippen LogP contribution in [0.25, 0.3) is 0 Å². The molecule has 0 aromatic heterocycles. The van der Waals surface area contributed by atoms with Gasteiger partial charge in [0.15, 0.2) is 5.96 Å². The topological polar surface area (TPSA) is 56.7 Å². The first-order valence-electron chi connectivity index (χ1n) is 8.32. The average molecular weight is 493 g/mol. The van der Waals surface area contributed by atoms with Crippen molar-refractivity contribution in [1.82, 2.24) is 10.6 Å². The van der Waals surface area contributed by atoms with E-state index in [0.29, 0.717) is 18.1 Å². The minimum absolute atomic E-state index is 0. The Bertz CT molecular complexity index is 787. The summed E-state index contributed by atoms with van der Waals surface area (Å²) in [6, 6.07) is 7.42. The fourth-order valence-electron chi connectivity index (χ4n) is 2.47. The maximum Gasteiger partial charge on any atom is 0.192 e. The summed E-state index contributed by atoms with van der Waals surface area (Å²) in [5, 5.41) is 15.2. The van der Waals surface area contributed by atoms with Crippen LogP contribution in [-0.2, 0) is 13.2 Å². The Morgan fingerprint density at radius 1 is 1.11 bits per heavy atom. The molecule has 148 valence electrons. The van der Waals surface area contributed by atoms with E-state index < -0.39 is 23.5 Å². The van der Waals surface area contributed by atoms with Gasteiger partial charge in [-0.05, 0) is 37.6 Å². The third-order valence-corrected chi connectivity index (χ3v) is 3.83. The van der Waals surface area contributed by atoms with Crippen LogP contribution in [0.5, 0.6) is 0 Å². The third-order valence-electron chi connectivity index (χ3n) is 3.83. The number of nitrogens with one attached hydrogen (secondary N) is 2. The summed E-state index contributed by atoms with van der Waals surface area (Å²) in [5.41, 5.74) is 1.26. The normalized spacial score (nSPS) is 12.3. The zero-order valence-corrected chi connectivity index (χ0v) is 17.4. The predicted molar refractivity (Wildman–Crippen MR) is 110 cm³/mol. The molecule has 0 saturated carbocycles. The summed E-state index contributed by atoms with van der Waals surface area (Å²) >= 11 is 0. The lowest BCUT2D eigenvalue weighted by molar-refractivity contribution is 0.275. The molecule has 1 unspecified atom stereocenters. The van der Waals surface area contributed by atoms with Crippen molar-refractivity contribution in [2.24, 2.45) is 4.99 Å². The SMILES string of the molecule is CCNC(=NCc1ccc(F)c(CO)c1)NC(C)c1ccc(F)cc1F.I. The average Bonchev–Trinajstić information content (AvgIpc) is 2.60. The van der Waals surface area contributed by atoms with E-state index in [1.54, 1.807) is 19.1 Å². The summed E-state index contributed by atoms with van der Waals surface area (Å²) < 4.78 is 40.4. The van der Waals surface area contributed by atoms with E-state index >= 15 is 0 Å². The van der Waals surface area contributed by atoms with E-state index in [0.717, 1.165) is 11.6 Å². The monoisotopic (exact) mass is 493 g/mol. The van der Waals surface area contributed by atoms with Crippen LogP contribution in [0.1, 0.15) is 36.6 Å². The number of aliphatic hydroxyl groups is 1. The largest absolute Gasteiger partial charge is 0.392 e. The van der Waals surface area contributed by atoms with Crippen LogP contribution in [0.15, 0.2) is 41.4 Å². The highest BCUT2D eigenvalue weighted by Crippen LogP contribution is 2.17. The van der Waals surface area contributed by atoms with Crippen LogP contribution in [-0.4, -0.2) is 17.6 Å². The van der Waals surface area contributed by atoms with Crippen molar-refractivity contribution in [2.75, 3.05) is 6.54 Å². The van der Waals surface area contributed by atoms with Crippen molar-refractivity contribution in [2.45, 2.75) is 33.0 Å². The maximum atomic E-state index is 13.9. The van der Waals surface area contributed by atoms with Gasteiger partial charge in [-0.25, -0.2) is 18.2 Å². The van der Waals surface area contributed by atoms with E-state index in [-0.39, 0.29) is 42.7 Å². The molecule has 0 aliphatic heterocycles. The van der Waals surface area contributed by atoms with Crippen LogP contribution in [0.2, 0.25) is 0 Å². The van der Waals surface area contributed by atoms with Crippen molar-refractivity contribution >= 4 is 29.9 Å². The lowest BCUT2D eigenvalue weighted by Crippen LogP contribution is -2.39. The molecule has 0 spiro atoms. The second-order valence-corrected chi connectivity index (χ2v) is 5.81. The molecule has 3 N–H and O–H groups in total. The fourth-order valence-corrected chi connectivity index (χ4v) is 2.47. The number of hydrogen-bond acceptors (Lipinski definition) is 2. The van der Waals surface area contributed by atoms with E-state index in [2.05, 4.69) is 15.6 Å². The summed E-state index contributed by atoms with van der Waals surface area (Å²) in [6.45, 7) is 4.09. The van der Waals surface area contributed by atoms with Gasteiger partial charge in [0.05, 0.1) is 19.2 Å². The third kappa shape index (κ3) is 6.69. The Hall–Kier alpha value is -1.81. The minimum atomic E-state index is -0.632. The van der Waals surface area contributed by atoms with Crippen LogP contribution >= 0.6 is 24.0 Å². The molecule has 0 aliphatic carbocycles. The highest BCUT2D eigenvalue weighted by atomic mass is 127. The van der Waals surface area contributed by atoms with Crippen molar-refractivity contribution in [1.29, 1.82) is 0 Å². The predicted octanol–water partition coefficient (Wildman–Crippen LogP) is 4.03. The Labute approximate surface area is 173 Å². The van der Waals surface area contributed by atoms with Gasteiger partial charge in [0, 0.05) is 23.7 Å². The number of aliphatic hydroxyl groups excluding tert-OH is 1. The zero-order valence-electron chi connectivity index (χ0n) is 15.1. The van der Waals surface area contributed by atoms with Crippen molar-refractivity contribution in [3.05, 3.63) is 70.5 Å². The van der Waals surface area contributed by atoms with E-state index in [1.165, 1.54) is 18.2 Å². The molecule has 8 heteroatoms. The van der Waals surface area contributed by atoms with Crippen LogP contribution in [0.4, 0.5) is 13.2 Å². The molecular weight excluding hydrogens is 470 g/mol. The quantitative estimate of drug-likeness (QED) is 0.324. The molecule has 0 aliphatic rings. The van der Waals surface area contributed by atoms with Crippen molar-refractivity contribution in [3.63, 3.8) is 0 Å². The molecule has 2 aromatic rings. The first-order valence-corrected chi connectivity index (χ1v) is 8.32. The van der Waals surface area contributed by atoms with Gasteiger partial charge in [-0.15, -0.1) is 24.0 Å². The fraction of sp³-hybridized carbons (Fsp3) is 0.316. The number of halogens is 4. The Morgan fingerprint density at radius 3 is 2.48 bits per heavy atom. The first-order chi connectivity index (χ1) is 12.4.